The van der Waals surface area contributed by atoms with E-state index in [-0.39, 0.29) is 17.0 Å². The minimum absolute atomic E-state index is 0. The van der Waals surface area contributed by atoms with E-state index in [0.29, 0.717) is 5.56 Å². The summed E-state index contributed by atoms with van der Waals surface area (Å²) in [7, 11) is 0. The van der Waals surface area contributed by atoms with Crippen LogP contribution in [0.25, 0.3) is 22.2 Å². The lowest BCUT2D eigenvalue weighted by Gasteiger charge is -1.97. The lowest BCUT2D eigenvalue weighted by atomic mass is 10.0. The molecule has 1 aliphatic heterocycles. The van der Waals surface area contributed by atoms with Crippen LogP contribution in [-0.2, 0) is 13.1 Å². The third-order valence-corrected chi connectivity index (χ3v) is 4.11. The van der Waals surface area contributed by atoms with Crippen molar-refractivity contribution >= 4 is 16.9 Å². The van der Waals surface area contributed by atoms with Gasteiger partial charge in [-0.1, -0.05) is 18.2 Å². The van der Waals surface area contributed by atoms with Gasteiger partial charge in [0.1, 0.15) is 5.52 Å². The molecule has 0 amide bonds. The van der Waals surface area contributed by atoms with Gasteiger partial charge in [-0.05, 0) is 30.3 Å². The van der Waals surface area contributed by atoms with E-state index >= 15 is 0 Å². The number of hydrogen-bond donors (Lipinski definition) is 1. The summed E-state index contributed by atoms with van der Waals surface area (Å²) in [5.41, 5.74) is 3.69. The molecule has 0 fully saturated rings. The van der Waals surface area contributed by atoms with Crippen LogP contribution >= 0.6 is 0 Å². The number of halogens is 1. The number of nitrogens with zero attached hydrogens (tertiary/aromatic N) is 2. The van der Waals surface area contributed by atoms with E-state index in [4.69, 9.17) is 0 Å². The van der Waals surface area contributed by atoms with Crippen LogP contribution in [0.15, 0.2) is 48.5 Å². The number of carbonyl (C=O) groups is 1. The van der Waals surface area contributed by atoms with Crippen molar-refractivity contribution in [1.82, 2.24) is 4.68 Å². The maximum Gasteiger partial charge on any atom is 0.335 e. The van der Waals surface area contributed by atoms with Crippen LogP contribution in [0.2, 0.25) is 0 Å². The normalized spacial score (nSPS) is 12.9. The molecule has 0 radical (unpaired) electrons. The maximum absolute atomic E-state index is 11.3. The van der Waals surface area contributed by atoms with Gasteiger partial charge in [0, 0.05) is 12.0 Å². The number of aromatic carboxylic acids is 1. The Bertz CT molecular complexity index is 856. The monoisotopic (exact) mass is 358 g/mol. The van der Waals surface area contributed by atoms with Gasteiger partial charge in [0.05, 0.1) is 17.5 Å². The molecule has 2 heterocycles. The van der Waals surface area contributed by atoms with Crippen molar-refractivity contribution in [2.45, 2.75) is 19.5 Å². The van der Waals surface area contributed by atoms with Gasteiger partial charge in [-0.25, -0.2) is 4.79 Å². The number of rotatable bonds is 2. The number of fused-ring (bicyclic) bond motifs is 3. The van der Waals surface area contributed by atoms with E-state index in [0.717, 1.165) is 41.7 Å². The maximum atomic E-state index is 11.3. The van der Waals surface area contributed by atoms with E-state index < -0.39 is 5.97 Å². The Kier molecular flexibility index (Phi) is 3.74. The first-order valence-corrected chi connectivity index (χ1v) is 7.11. The van der Waals surface area contributed by atoms with Gasteiger partial charge in [0.15, 0.2) is 6.54 Å². The first kappa shape index (κ1) is 14.8. The van der Waals surface area contributed by atoms with Gasteiger partial charge in [-0.15, -0.1) is 4.68 Å². The summed E-state index contributed by atoms with van der Waals surface area (Å²) >= 11 is 0. The van der Waals surface area contributed by atoms with E-state index in [9.17, 15) is 9.90 Å². The highest BCUT2D eigenvalue weighted by Gasteiger charge is 2.30. The van der Waals surface area contributed by atoms with Crippen molar-refractivity contribution in [1.29, 1.82) is 0 Å². The lowest BCUT2D eigenvalue weighted by molar-refractivity contribution is -0.745. The zero-order valence-electron chi connectivity index (χ0n) is 11.9. The SMILES string of the molecule is O=C(O)c1ccc2c(c1)c(-c1ccccc1)[n+]1n2CCC1.[Br-]. The quantitative estimate of drug-likeness (QED) is 0.639. The fourth-order valence-electron chi connectivity index (χ4n) is 3.22. The van der Waals surface area contributed by atoms with Gasteiger partial charge >= 0.3 is 5.97 Å². The van der Waals surface area contributed by atoms with Crippen molar-refractivity contribution < 1.29 is 31.6 Å². The third-order valence-electron chi connectivity index (χ3n) is 4.11. The Morgan fingerprint density at radius 3 is 2.64 bits per heavy atom. The molecule has 0 bridgehead atoms. The zero-order valence-corrected chi connectivity index (χ0v) is 13.5. The van der Waals surface area contributed by atoms with Crippen LogP contribution < -0.4 is 21.7 Å². The Labute approximate surface area is 138 Å². The highest BCUT2D eigenvalue weighted by Crippen LogP contribution is 2.29. The first-order chi connectivity index (χ1) is 10.3. The number of aromatic nitrogens is 2. The van der Waals surface area contributed by atoms with Gasteiger partial charge in [0.2, 0.25) is 5.69 Å². The molecule has 22 heavy (non-hydrogen) atoms. The molecule has 5 heteroatoms. The van der Waals surface area contributed by atoms with Crippen LogP contribution in [0.3, 0.4) is 0 Å². The molecule has 0 saturated carbocycles. The van der Waals surface area contributed by atoms with Crippen molar-refractivity contribution in [3.05, 3.63) is 54.1 Å². The highest BCUT2D eigenvalue weighted by atomic mass is 79.9. The molecule has 0 aliphatic carbocycles. The number of carboxylic acids is 1. The van der Waals surface area contributed by atoms with Crippen LogP contribution in [0, 0.1) is 0 Å². The van der Waals surface area contributed by atoms with Crippen LogP contribution in [0.4, 0.5) is 0 Å². The van der Waals surface area contributed by atoms with Crippen molar-refractivity contribution in [2.24, 2.45) is 0 Å². The minimum atomic E-state index is -0.882. The number of carboxylic acid groups (broad SMARTS) is 1. The topological polar surface area (TPSA) is 46.1 Å². The van der Waals surface area contributed by atoms with Crippen LogP contribution in [0.1, 0.15) is 16.8 Å². The fraction of sp³-hybridized carbons (Fsp3) is 0.176. The van der Waals surface area contributed by atoms with Gasteiger partial charge < -0.3 is 22.1 Å². The molecule has 0 atom stereocenters. The Morgan fingerprint density at radius 2 is 1.91 bits per heavy atom. The van der Waals surface area contributed by atoms with Crippen LogP contribution in [-0.4, -0.2) is 15.8 Å². The molecular weight excluding hydrogens is 344 g/mol. The first-order valence-electron chi connectivity index (χ1n) is 7.11. The molecule has 0 unspecified atom stereocenters. The Balaban J connectivity index is 0.00000144. The molecule has 0 spiro atoms. The molecule has 1 aliphatic rings. The molecular formula is C17H15BrN2O2. The summed E-state index contributed by atoms with van der Waals surface area (Å²) in [6, 6.07) is 15.6. The predicted octanol–water partition coefficient (Wildman–Crippen LogP) is -0.298. The van der Waals surface area contributed by atoms with E-state index in [1.54, 1.807) is 12.1 Å². The fourth-order valence-corrected chi connectivity index (χ4v) is 3.22. The summed E-state index contributed by atoms with van der Waals surface area (Å²) in [5.74, 6) is -0.882. The van der Waals surface area contributed by atoms with Crippen LogP contribution in [0.5, 0.6) is 0 Å². The van der Waals surface area contributed by atoms with E-state index in [1.165, 1.54) is 0 Å². The van der Waals surface area contributed by atoms with Crippen molar-refractivity contribution in [2.75, 3.05) is 0 Å². The average Bonchev–Trinajstić information content (AvgIpc) is 3.07. The Hall–Kier alpha value is -2.14. The summed E-state index contributed by atoms with van der Waals surface area (Å²) in [4.78, 5) is 11.3. The summed E-state index contributed by atoms with van der Waals surface area (Å²) < 4.78 is 4.52. The molecule has 3 aromatic rings. The second-order valence-corrected chi connectivity index (χ2v) is 5.35. The summed E-state index contributed by atoms with van der Waals surface area (Å²) in [5, 5.41) is 10.3. The van der Waals surface area contributed by atoms with Gasteiger partial charge in [-0.2, -0.15) is 4.68 Å². The molecule has 4 nitrogen and oxygen atoms in total. The minimum Gasteiger partial charge on any atom is -1.00 e. The average molecular weight is 359 g/mol. The smallest absolute Gasteiger partial charge is 0.335 e. The third kappa shape index (κ3) is 2.13. The largest absolute Gasteiger partial charge is 1.00 e. The molecule has 4 rings (SSSR count). The molecule has 1 N–H and O–H groups in total. The number of hydrogen-bond acceptors (Lipinski definition) is 1. The standard InChI is InChI=1S/C17H14N2O2.BrH/c20-17(21)13-7-8-15-14(11-13)16(12-5-2-1-3-6-12)19-10-4-9-18(15)19;/h1-3,5-8,11H,4,9-10H2;1H. The van der Waals surface area contributed by atoms with Crippen molar-refractivity contribution in [3.8, 4) is 11.3 Å². The number of benzene rings is 2. The van der Waals surface area contributed by atoms with E-state index in [2.05, 4.69) is 21.5 Å². The summed E-state index contributed by atoms with van der Waals surface area (Å²) in [6.07, 6.45) is 1.12. The molecule has 1 aromatic heterocycles. The molecule has 0 saturated heterocycles. The zero-order chi connectivity index (χ0) is 14.4. The van der Waals surface area contributed by atoms with Crippen molar-refractivity contribution in [3.63, 3.8) is 0 Å². The second kappa shape index (κ2) is 5.57. The predicted molar refractivity (Wildman–Crippen MR) is 79.1 cm³/mol. The highest BCUT2D eigenvalue weighted by molar-refractivity contribution is 5.98. The lowest BCUT2D eigenvalue weighted by Crippen LogP contribution is -3.00. The summed E-state index contributed by atoms with van der Waals surface area (Å²) in [6.45, 7) is 1.96. The Morgan fingerprint density at radius 1 is 1.14 bits per heavy atom. The van der Waals surface area contributed by atoms with E-state index in [1.807, 2.05) is 24.3 Å². The molecule has 2 aromatic carbocycles. The van der Waals surface area contributed by atoms with Gasteiger partial charge in [0.25, 0.3) is 0 Å². The second-order valence-electron chi connectivity index (χ2n) is 5.35. The van der Waals surface area contributed by atoms with Gasteiger partial charge in [-0.3, -0.25) is 0 Å². The number of aryl methyl sites for hydroxylation is 1. The molecule has 112 valence electrons.